The second-order valence-electron chi connectivity index (χ2n) is 4.74. The van der Waals surface area contributed by atoms with Gasteiger partial charge in [0.15, 0.2) is 0 Å². The van der Waals surface area contributed by atoms with E-state index in [2.05, 4.69) is 0 Å². The Morgan fingerprint density at radius 2 is 1.80 bits per heavy atom. The number of amides is 1. The van der Waals surface area contributed by atoms with Crippen molar-refractivity contribution in [3.63, 3.8) is 0 Å². The molecule has 2 atom stereocenters. The minimum absolute atomic E-state index is 0.137. The van der Waals surface area contributed by atoms with Crippen LogP contribution in [0.2, 0.25) is 0 Å². The molecule has 2 aliphatic heterocycles. The first-order valence-corrected chi connectivity index (χ1v) is 6.39. The fourth-order valence-corrected chi connectivity index (χ4v) is 2.32. The number of nitro benzene ring substituents is 1. The molecule has 7 nitrogen and oxygen atoms in total. The van der Waals surface area contributed by atoms with E-state index in [0.717, 1.165) is 12.8 Å². The highest BCUT2D eigenvalue weighted by molar-refractivity contribution is 5.65. The average Bonchev–Trinajstić information content (AvgIpc) is 2.79. The van der Waals surface area contributed by atoms with Crippen LogP contribution in [0, 0.1) is 10.1 Å². The van der Waals surface area contributed by atoms with Crippen LogP contribution in [0.1, 0.15) is 12.8 Å². The Morgan fingerprint density at radius 3 is 2.20 bits per heavy atom. The van der Waals surface area contributed by atoms with Crippen LogP contribution in [-0.4, -0.2) is 46.3 Å². The molecule has 7 heteroatoms. The third kappa shape index (κ3) is 3.67. The maximum absolute atomic E-state index is 10.5. The number of non-ortho nitro benzene ring substituents is 1. The van der Waals surface area contributed by atoms with Gasteiger partial charge in [-0.25, -0.2) is 4.79 Å². The van der Waals surface area contributed by atoms with Crippen molar-refractivity contribution >= 4 is 11.8 Å². The van der Waals surface area contributed by atoms with E-state index in [1.807, 2.05) is 0 Å². The molecule has 0 spiro atoms. The number of para-hydroxylation sites is 1. The molecule has 0 aliphatic carbocycles. The van der Waals surface area contributed by atoms with Gasteiger partial charge >= 0.3 is 6.09 Å². The molecule has 2 aliphatic rings. The molecule has 2 saturated heterocycles. The van der Waals surface area contributed by atoms with Gasteiger partial charge in [-0.15, -0.1) is 0 Å². The highest BCUT2D eigenvalue weighted by Crippen LogP contribution is 2.25. The van der Waals surface area contributed by atoms with E-state index in [1.54, 1.807) is 18.2 Å². The van der Waals surface area contributed by atoms with Gasteiger partial charge in [0.25, 0.3) is 5.69 Å². The van der Waals surface area contributed by atoms with E-state index >= 15 is 0 Å². The molecule has 1 amide bonds. The molecule has 108 valence electrons. The molecule has 2 heterocycles. The molecule has 2 unspecified atom stereocenters. The first-order chi connectivity index (χ1) is 9.56. The predicted octanol–water partition coefficient (Wildman–Crippen LogP) is 2.12. The fourth-order valence-electron chi connectivity index (χ4n) is 2.32. The van der Waals surface area contributed by atoms with Gasteiger partial charge in [0, 0.05) is 12.1 Å². The van der Waals surface area contributed by atoms with Crippen LogP contribution in [0.4, 0.5) is 10.5 Å². The molecule has 3 rings (SSSR count). The van der Waals surface area contributed by atoms with E-state index in [1.165, 1.54) is 17.0 Å². The Kier molecular flexibility index (Phi) is 4.52. The van der Waals surface area contributed by atoms with Crippen molar-refractivity contribution < 1.29 is 19.6 Å². The number of morpholine rings is 1. The molecule has 2 bridgehead atoms. The topological polar surface area (TPSA) is 92.9 Å². The zero-order chi connectivity index (χ0) is 14.5. The second kappa shape index (κ2) is 6.33. The number of fused-ring (bicyclic) bond motifs is 2. The van der Waals surface area contributed by atoms with Crippen LogP contribution < -0.4 is 0 Å². The van der Waals surface area contributed by atoms with Crippen LogP contribution in [0.25, 0.3) is 0 Å². The van der Waals surface area contributed by atoms with Gasteiger partial charge < -0.3 is 14.7 Å². The van der Waals surface area contributed by atoms with E-state index < -0.39 is 11.0 Å². The van der Waals surface area contributed by atoms with E-state index in [-0.39, 0.29) is 17.9 Å². The van der Waals surface area contributed by atoms with Gasteiger partial charge in [0.2, 0.25) is 0 Å². The van der Waals surface area contributed by atoms with Gasteiger partial charge in [-0.3, -0.25) is 10.1 Å². The fraction of sp³-hybridized carbons (Fsp3) is 0.462. The monoisotopic (exact) mass is 280 g/mol. The van der Waals surface area contributed by atoms with Crippen LogP contribution in [0.3, 0.4) is 0 Å². The quantitative estimate of drug-likeness (QED) is 0.628. The van der Waals surface area contributed by atoms with Gasteiger partial charge in [0.1, 0.15) is 0 Å². The third-order valence-corrected chi connectivity index (χ3v) is 3.28. The lowest BCUT2D eigenvalue weighted by atomic mass is 10.2. The molecule has 20 heavy (non-hydrogen) atoms. The molecule has 2 fully saturated rings. The number of hydrogen-bond acceptors (Lipinski definition) is 4. The van der Waals surface area contributed by atoms with Crippen molar-refractivity contribution in [3.05, 3.63) is 40.4 Å². The number of nitrogens with zero attached hydrogens (tertiary/aromatic N) is 2. The number of likely N-dealkylation sites (tertiary alicyclic amines) is 1. The Bertz CT molecular complexity index is 467. The summed E-state index contributed by atoms with van der Waals surface area (Å²) >= 11 is 0. The van der Waals surface area contributed by atoms with E-state index in [0.29, 0.717) is 13.1 Å². The predicted molar refractivity (Wildman–Crippen MR) is 70.6 cm³/mol. The molecular weight excluding hydrogens is 264 g/mol. The minimum atomic E-state index is -0.815. The van der Waals surface area contributed by atoms with Crippen molar-refractivity contribution in [1.29, 1.82) is 0 Å². The maximum Gasteiger partial charge on any atom is 0.407 e. The average molecular weight is 280 g/mol. The van der Waals surface area contributed by atoms with Gasteiger partial charge in [-0.1, -0.05) is 18.2 Å². The highest BCUT2D eigenvalue weighted by Gasteiger charge is 2.35. The lowest BCUT2D eigenvalue weighted by molar-refractivity contribution is -0.384. The highest BCUT2D eigenvalue weighted by atomic mass is 16.6. The van der Waals surface area contributed by atoms with Crippen LogP contribution in [0.15, 0.2) is 30.3 Å². The number of carbonyl (C=O) groups is 1. The maximum atomic E-state index is 10.5. The molecule has 0 saturated carbocycles. The summed E-state index contributed by atoms with van der Waals surface area (Å²) < 4.78 is 5.47. The molecule has 0 radical (unpaired) electrons. The molecule has 0 aromatic heterocycles. The first-order valence-electron chi connectivity index (χ1n) is 6.39. The lowest BCUT2D eigenvalue weighted by Gasteiger charge is -2.29. The van der Waals surface area contributed by atoms with E-state index in [9.17, 15) is 14.9 Å². The number of benzene rings is 1. The van der Waals surface area contributed by atoms with Gasteiger partial charge in [-0.2, -0.15) is 0 Å². The number of rotatable bonds is 1. The Labute approximate surface area is 115 Å². The Morgan fingerprint density at radius 1 is 1.25 bits per heavy atom. The van der Waals surface area contributed by atoms with Crippen molar-refractivity contribution in [2.24, 2.45) is 0 Å². The van der Waals surface area contributed by atoms with Crippen LogP contribution in [0.5, 0.6) is 0 Å². The summed E-state index contributed by atoms with van der Waals surface area (Å²) in [5.74, 6) is 0. The van der Waals surface area contributed by atoms with Crippen molar-refractivity contribution in [3.8, 4) is 0 Å². The smallest absolute Gasteiger partial charge is 0.407 e. The van der Waals surface area contributed by atoms with Crippen molar-refractivity contribution in [1.82, 2.24) is 4.90 Å². The molecular formula is C13H16N2O5. The van der Waals surface area contributed by atoms with Crippen molar-refractivity contribution in [2.75, 3.05) is 13.1 Å². The summed E-state index contributed by atoms with van der Waals surface area (Å²) in [6.45, 7) is 1.12. The largest absolute Gasteiger partial charge is 0.465 e. The summed E-state index contributed by atoms with van der Waals surface area (Å²) in [4.78, 5) is 21.6. The normalized spacial score (nSPS) is 23.7. The zero-order valence-electron chi connectivity index (χ0n) is 10.8. The summed E-state index contributed by atoms with van der Waals surface area (Å²) in [6.07, 6.45) is 1.57. The Balaban J connectivity index is 0.000000151. The summed E-state index contributed by atoms with van der Waals surface area (Å²) in [5, 5.41) is 18.7. The summed E-state index contributed by atoms with van der Waals surface area (Å²) in [7, 11) is 0. The van der Waals surface area contributed by atoms with Crippen LogP contribution in [-0.2, 0) is 4.74 Å². The summed E-state index contributed by atoms with van der Waals surface area (Å²) in [6, 6.07) is 7.93. The molecule has 1 aromatic carbocycles. The molecule has 1 N–H and O–H groups in total. The third-order valence-electron chi connectivity index (χ3n) is 3.28. The number of carboxylic acid groups (broad SMARTS) is 1. The Hall–Kier alpha value is -2.15. The first kappa shape index (κ1) is 14.3. The zero-order valence-corrected chi connectivity index (χ0v) is 10.8. The van der Waals surface area contributed by atoms with E-state index in [4.69, 9.17) is 9.84 Å². The number of hydrogen-bond donors (Lipinski definition) is 1. The standard InChI is InChI=1S/C7H11NO3.C6H5NO2/c9-7(10)8-3-5-1-2-6(4-8)11-5;8-7(9)6-4-2-1-3-5-6/h5-6H,1-4H2,(H,9,10);1-5H. The van der Waals surface area contributed by atoms with Gasteiger partial charge in [-0.05, 0) is 12.8 Å². The number of ether oxygens (including phenoxy) is 1. The summed E-state index contributed by atoms with van der Waals surface area (Å²) in [5.41, 5.74) is 0.137. The van der Waals surface area contributed by atoms with Gasteiger partial charge in [0.05, 0.1) is 30.2 Å². The second-order valence-corrected chi connectivity index (χ2v) is 4.74. The van der Waals surface area contributed by atoms with Crippen molar-refractivity contribution in [2.45, 2.75) is 25.0 Å². The molecule has 1 aromatic rings. The minimum Gasteiger partial charge on any atom is -0.465 e. The SMILES string of the molecule is O=C(O)N1CC2CCC(C1)O2.O=[N+]([O-])c1ccccc1. The lowest BCUT2D eigenvalue weighted by Crippen LogP contribution is -2.45. The van der Waals surface area contributed by atoms with Crippen LogP contribution >= 0.6 is 0 Å². The number of nitro groups is 1.